The van der Waals surface area contributed by atoms with Gasteiger partial charge in [0.05, 0.1) is 6.54 Å². The van der Waals surface area contributed by atoms with Crippen LogP contribution >= 0.6 is 23.4 Å². The van der Waals surface area contributed by atoms with Gasteiger partial charge in [0.1, 0.15) is 0 Å². The standard InChI is InChI=1S/C28H35ClN4O2S/c1-28(2,3)23-10-8-20(9-11-23)26-31-25(35-32-26)18-33-15-12-21(13-16-33)27(34)30-14-17-36-19-22-6-4-5-7-24(22)29/h4-11,21H,12-19H2,1-3H3,(H,30,34). The Morgan fingerprint density at radius 1 is 1.14 bits per heavy atom. The molecule has 0 bridgehead atoms. The number of halogens is 1. The first-order valence-corrected chi connectivity index (χ1v) is 14.1. The van der Waals surface area contributed by atoms with Crippen molar-refractivity contribution in [1.82, 2.24) is 20.4 Å². The molecule has 2 aromatic carbocycles. The topological polar surface area (TPSA) is 71.3 Å². The molecule has 1 amide bonds. The number of amides is 1. The van der Waals surface area contributed by atoms with Gasteiger partial charge in [-0.2, -0.15) is 16.7 Å². The molecule has 0 saturated carbocycles. The van der Waals surface area contributed by atoms with Gasteiger partial charge in [-0.3, -0.25) is 9.69 Å². The zero-order chi connectivity index (χ0) is 25.5. The molecule has 1 aromatic heterocycles. The number of nitrogens with zero attached hydrogens (tertiary/aromatic N) is 3. The van der Waals surface area contributed by atoms with Gasteiger partial charge in [-0.15, -0.1) is 0 Å². The Morgan fingerprint density at radius 2 is 1.86 bits per heavy atom. The van der Waals surface area contributed by atoms with Crippen LogP contribution < -0.4 is 5.32 Å². The first-order valence-electron chi connectivity index (χ1n) is 12.5. The van der Waals surface area contributed by atoms with Gasteiger partial charge in [-0.05, 0) is 48.5 Å². The van der Waals surface area contributed by atoms with E-state index in [1.165, 1.54) is 5.56 Å². The van der Waals surface area contributed by atoms with E-state index in [-0.39, 0.29) is 17.2 Å². The monoisotopic (exact) mass is 526 g/mol. The number of benzene rings is 2. The number of piperidine rings is 1. The fraction of sp³-hybridized carbons (Fsp3) is 0.464. The summed E-state index contributed by atoms with van der Waals surface area (Å²) in [7, 11) is 0. The van der Waals surface area contributed by atoms with Crippen LogP contribution in [0.15, 0.2) is 53.1 Å². The highest BCUT2D eigenvalue weighted by molar-refractivity contribution is 7.98. The number of rotatable bonds is 9. The maximum atomic E-state index is 12.6. The summed E-state index contributed by atoms with van der Waals surface area (Å²) >= 11 is 7.98. The summed E-state index contributed by atoms with van der Waals surface area (Å²) in [5.41, 5.74) is 3.48. The highest BCUT2D eigenvalue weighted by Crippen LogP contribution is 2.26. The van der Waals surface area contributed by atoms with Crippen LogP contribution in [0.5, 0.6) is 0 Å². The highest BCUT2D eigenvalue weighted by Gasteiger charge is 2.26. The summed E-state index contributed by atoms with van der Waals surface area (Å²) in [5.74, 6) is 3.18. The molecule has 36 heavy (non-hydrogen) atoms. The molecule has 0 spiro atoms. The van der Waals surface area contributed by atoms with Crippen LogP contribution in [0.2, 0.25) is 5.02 Å². The second-order valence-electron chi connectivity index (χ2n) is 10.3. The number of aromatic nitrogens is 2. The maximum absolute atomic E-state index is 12.6. The Morgan fingerprint density at radius 3 is 2.56 bits per heavy atom. The summed E-state index contributed by atoms with van der Waals surface area (Å²) in [4.78, 5) is 19.5. The van der Waals surface area contributed by atoms with Crippen LogP contribution in [0.3, 0.4) is 0 Å². The lowest BCUT2D eigenvalue weighted by Gasteiger charge is -2.30. The van der Waals surface area contributed by atoms with Gasteiger partial charge >= 0.3 is 0 Å². The van der Waals surface area contributed by atoms with Crippen molar-refractivity contribution >= 4 is 29.3 Å². The van der Waals surface area contributed by atoms with Crippen molar-refractivity contribution in [2.24, 2.45) is 5.92 Å². The van der Waals surface area contributed by atoms with Crippen molar-refractivity contribution < 1.29 is 9.32 Å². The minimum absolute atomic E-state index is 0.0643. The van der Waals surface area contributed by atoms with Crippen molar-refractivity contribution in [2.45, 2.75) is 51.3 Å². The lowest BCUT2D eigenvalue weighted by molar-refractivity contribution is -0.126. The third-order valence-corrected chi connectivity index (χ3v) is 7.93. The summed E-state index contributed by atoms with van der Waals surface area (Å²) in [6.45, 7) is 9.57. The highest BCUT2D eigenvalue weighted by atomic mass is 35.5. The van der Waals surface area contributed by atoms with Crippen LogP contribution in [0.25, 0.3) is 11.4 Å². The number of carbonyl (C=O) groups excluding carboxylic acids is 1. The number of hydrogen-bond acceptors (Lipinski definition) is 6. The second-order valence-corrected chi connectivity index (χ2v) is 11.8. The largest absolute Gasteiger partial charge is 0.355 e. The van der Waals surface area contributed by atoms with E-state index in [1.807, 2.05) is 24.3 Å². The smallest absolute Gasteiger partial charge is 0.241 e. The molecule has 3 aromatic rings. The Labute approximate surface area is 223 Å². The summed E-state index contributed by atoms with van der Waals surface area (Å²) in [5, 5.41) is 8.07. The van der Waals surface area contributed by atoms with E-state index in [2.05, 4.69) is 65.4 Å². The van der Waals surface area contributed by atoms with Crippen LogP contribution in [0.4, 0.5) is 0 Å². The molecule has 1 saturated heterocycles. The Balaban J connectivity index is 1.16. The summed E-state index contributed by atoms with van der Waals surface area (Å²) in [6, 6.07) is 16.2. The molecule has 0 radical (unpaired) electrons. The minimum atomic E-state index is 0.0643. The van der Waals surface area contributed by atoms with Crippen molar-refractivity contribution in [2.75, 3.05) is 25.4 Å². The van der Waals surface area contributed by atoms with Gasteiger partial charge in [-0.1, -0.05) is 80.0 Å². The lowest BCUT2D eigenvalue weighted by atomic mass is 9.87. The van der Waals surface area contributed by atoms with Gasteiger partial charge < -0.3 is 9.84 Å². The van der Waals surface area contributed by atoms with E-state index in [4.69, 9.17) is 16.1 Å². The van der Waals surface area contributed by atoms with Crippen LogP contribution in [-0.4, -0.2) is 46.3 Å². The first kappa shape index (κ1) is 26.7. The van der Waals surface area contributed by atoms with Crippen LogP contribution in [0.1, 0.15) is 50.6 Å². The summed E-state index contributed by atoms with van der Waals surface area (Å²) in [6.07, 6.45) is 1.68. The van der Waals surface area contributed by atoms with E-state index in [0.717, 1.165) is 53.6 Å². The van der Waals surface area contributed by atoms with Gasteiger partial charge in [-0.25, -0.2) is 0 Å². The molecule has 2 heterocycles. The van der Waals surface area contributed by atoms with Gasteiger partial charge in [0, 0.05) is 34.6 Å². The molecule has 0 atom stereocenters. The van der Waals surface area contributed by atoms with E-state index in [0.29, 0.717) is 24.8 Å². The molecule has 1 aliphatic rings. The molecular formula is C28H35ClN4O2S. The van der Waals surface area contributed by atoms with E-state index < -0.39 is 0 Å². The lowest BCUT2D eigenvalue weighted by Crippen LogP contribution is -2.40. The van der Waals surface area contributed by atoms with E-state index in [9.17, 15) is 4.79 Å². The average Bonchev–Trinajstić information content (AvgIpc) is 3.33. The molecule has 8 heteroatoms. The SMILES string of the molecule is CC(C)(C)c1ccc(-c2noc(CN3CCC(C(=O)NCCSCc4ccccc4Cl)CC3)n2)cc1. The van der Waals surface area contributed by atoms with Gasteiger partial charge in [0.15, 0.2) is 0 Å². The molecule has 0 aliphatic carbocycles. The fourth-order valence-corrected chi connectivity index (χ4v) is 5.43. The molecule has 6 nitrogen and oxygen atoms in total. The zero-order valence-corrected chi connectivity index (χ0v) is 22.9. The summed E-state index contributed by atoms with van der Waals surface area (Å²) < 4.78 is 5.52. The predicted molar refractivity (Wildman–Crippen MR) is 147 cm³/mol. The second kappa shape index (κ2) is 12.3. The minimum Gasteiger partial charge on any atom is -0.355 e. The zero-order valence-electron chi connectivity index (χ0n) is 21.3. The third-order valence-electron chi connectivity index (χ3n) is 6.56. The number of nitrogens with one attached hydrogen (secondary N) is 1. The normalized spacial score (nSPS) is 15.2. The Bertz CT molecular complexity index is 1130. The Kier molecular flexibility index (Phi) is 9.09. The van der Waals surface area contributed by atoms with E-state index in [1.54, 1.807) is 11.8 Å². The third kappa shape index (κ3) is 7.34. The number of likely N-dealkylation sites (tertiary alicyclic amines) is 1. The van der Waals surface area contributed by atoms with Crippen molar-refractivity contribution in [3.8, 4) is 11.4 Å². The fourth-order valence-electron chi connectivity index (χ4n) is 4.29. The van der Waals surface area contributed by atoms with Crippen LogP contribution in [-0.2, 0) is 22.5 Å². The van der Waals surface area contributed by atoms with Crippen molar-refractivity contribution in [3.63, 3.8) is 0 Å². The molecule has 1 aliphatic heterocycles. The molecular weight excluding hydrogens is 492 g/mol. The van der Waals surface area contributed by atoms with Crippen LogP contribution in [0, 0.1) is 5.92 Å². The van der Waals surface area contributed by atoms with Crippen molar-refractivity contribution in [1.29, 1.82) is 0 Å². The van der Waals surface area contributed by atoms with Gasteiger partial charge in [0.2, 0.25) is 17.6 Å². The maximum Gasteiger partial charge on any atom is 0.241 e. The Hall–Kier alpha value is -2.35. The predicted octanol–water partition coefficient (Wildman–Crippen LogP) is 5.95. The average molecular weight is 527 g/mol. The van der Waals surface area contributed by atoms with E-state index >= 15 is 0 Å². The quantitative estimate of drug-likeness (QED) is 0.347. The first-order chi connectivity index (χ1) is 17.3. The molecule has 1 fully saturated rings. The van der Waals surface area contributed by atoms with Gasteiger partial charge in [0.25, 0.3) is 0 Å². The van der Waals surface area contributed by atoms with Crippen molar-refractivity contribution in [3.05, 3.63) is 70.6 Å². The number of carbonyl (C=O) groups is 1. The molecule has 4 rings (SSSR count). The number of thioether (sulfide) groups is 1. The molecule has 192 valence electrons. The molecule has 1 N–H and O–H groups in total. The molecule has 0 unspecified atom stereocenters. The number of hydrogen-bond donors (Lipinski definition) is 1.